The first-order valence-corrected chi connectivity index (χ1v) is 7.75. The van der Waals surface area contributed by atoms with E-state index in [2.05, 4.69) is 38.7 Å². The second kappa shape index (κ2) is 6.52. The van der Waals surface area contributed by atoms with Gasteiger partial charge in [-0.15, -0.1) is 0 Å². The fourth-order valence-electron chi connectivity index (χ4n) is 2.63. The van der Waals surface area contributed by atoms with Crippen LogP contribution in [0.2, 0.25) is 0 Å². The maximum Gasteiger partial charge on any atom is 0.128 e. The molecule has 1 unspecified atom stereocenters. The van der Waals surface area contributed by atoms with Crippen LogP contribution in [0.25, 0.3) is 0 Å². The smallest absolute Gasteiger partial charge is 0.128 e. The van der Waals surface area contributed by atoms with Crippen molar-refractivity contribution in [3.05, 3.63) is 35.9 Å². The zero-order chi connectivity index (χ0) is 15.5. The number of fused-ring (bicyclic) bond motifs is 1. The van der Waals surface area contributed by atoms with Gasteiger partial charge in [-0.05, 0) is 45.4 Å². The fraction of sp³-hybridized carbons (Fsp3) is 0.556. The average molecular weight is 289 g/mol. The van der Waals surface area contributed by atoms with Crippen molar-refractivity contribution in [2.45, 2.75) is 52.2 Å². The Hall–Kier alpha value is -1.48. The second-order valence-electron chi connectivity index (χ2n) is 6.52. The van der Waals surface area contributed by atoms with Gasteiger partial charge in [-0.1, -0.05) is 19.6 Å². The average Bonchev–Trinajstić information content (AvgIpc) is 2.40. The molecule has 0 saturated heterocycles. The van der Waals surface area contributed by atoms with Crippen LogP contribution in [-0.2, 0) is 0 Å². The third kappa shape index (κ3) is 4.24. The van der Waals surface area contributed by atoms with Crippen molar-refractivity contribution in [1.82, 2.24) is 5.32 Å². The van der Waals surface area contributed by atoms with Crippen LogP contribution in [0.4, 0.5) is 0 Å². The lowest BCUT2D eigenvalue weighted by molar-refractivity contribution is 0.0657. The summed E-state index contributed by atoms with van der Waals surface area (Å²) in [6.07, 6.45) is 2.11. The first-order chi connectivity index (χ1) is 9.91. The highest BCUT2D eigenvalue weighted by atomic mass is 16.5. The van der Waals surface area contributed by atoms with Gasteiger partial charge in [0, 0.05) is 24.1 Å². The topological polar surface area (TPSA) is 30.5 Å². The quantitative estimate of drug-likeness (QED) is 0.794. The minimum absolute atomic E-state index is 0.161. The summed E-state index contributed by atoms with van der Waals surface area (Å²) in [5.74, 6) is 1.77. The molecule has 0 aliphatic carbocycles. The third-order valence-corrected chi connectivity index (χ3v) is 3.57. The Kier molecular flexibility index (Phi) is 4.94. The third-order valence-electron chi connectivity index (χ3n) is 3.57. The highest BCUT2D eigenvalue weighted by Crippen LogP contribution is 2.41. The predicted octanol–water partition coefficient (Wildman–Crippen LogP) is 4.24. The van der Waals surface area contributed by atoms with Crippen molar-refractivity contribution >= 4 is 0 Å². The second-order valence-corrected chi connectivity index (χ2v) is 6.52. The lowest BCUT2D eigenvalue weighted by atomic mass is 9.89. The zero-order valence-corrected chi connectivity index (χ0v) is 13.7. The monoisotopic (exact) mass is 289 g/mol. The molecule has 0 aromatic heterocycles. The lowest BCUT2D eigenvalue weighted by Crippen LogP contribution is -2.39. The molecule has 1 aliphatic rings. The van der Waals surface area contributed by atoms with Gasteiger partial charge in [0.15, 0.2) is 0 Å². The van der Waals surface area contributed by atoms with Gasteiger partial charge in [0.2, 0.25) is 0 Å². The molecule has 1 atom stereocenters. The molecule has 0 radical (unpaired) electrons. The van der Waals surface area contributed by atoms with Gasteiger partial charge in [-0.2, -0.15) is 0 Å². The number of nitrogens with one attached hydrogen (secondary N) is 1. The van der Waals surface area contributed by atoms with E-state index in [4.69, 9.17) is 9.47 Å². The van der Waals surface area contributed by atoms with Crippen molar-refractivity contribution in [1.29, 1.82) is 0 Å². The van der Waals surface area contributed by atoms with E-state index in [1.807, 2.05) is 19.1 Å². The van der Waals surface area contributed by atoms with Gasteiger partial charge in [-0.25, -0.2) is 0 Å². The van der Waals surface area contributed by atoms with E-state index in [0.29, 0.717) is 12.6 Å². The molecule has 0 spiro atoms. The first kappa shape index (κ1) is 15.9. The van der Waals surface area contributed by atoms with Gasteiger partial charge < -0.3 is 14.8 Å². The molecule has 1 heterocycles. The maximum atomic E-state index is 6.13. The van der Waals surface area contributed by atoms with E-state index in [-0.39, 0.29) is 5.60 Å². The molecule has 0 bridgehead atoms. The first-order valence-electron chi connectivity index (χ1n) is 7.75. The van der Waals surface area contributed by atoms with Crippen LogP contribution in [0.5, 0.6) is 11.5 Å². The molecule has 1 aromatic rings. The molecular weight excluding hydrogens is 262 g/mol. The molecule has 0 saturated carbocycles. The standard InChI is InChI=1S/C18H27NO2/c1-6-9-19-16-11-18(4,5)21-17-10-14(7-8-15(16)17)20-12-13(2)3/h7-8,10,16,19H,2,6,9,11-12H2,1,3-5H3. The summed E-state index contributed by atoms with van der Waals surface area (Å²) in [6.45, 7) is 13.8. The van der Waals surface area contributed by atoms with Crippen molar-refractivity contribution in [3.8, 4) is 11.5 Å². The Morgan fingerprint density at radius 1 is 1.48 bits per heavy atom. The Morgan fingerprint density at radius 3 is 2.90 bits per heavy atom. The Balaban J connectivity index is 2.21. The molecule has 0 amide bonds. The maximum absolute atomic E-state index is 6.13. The Labute approximate surface area is 128 Å². The normalized spacial score (nSPS) is 19.5. The van der Waals surface area contributed by atoms with Gasteiger partial charge >= 0.3 is 0 Å². The molecule has 3 heteroatoms. The van der Waals surface area contributed by atoms with Gasteiger partial charge in [0.25, 0.3) is 0 Å². The minimum Gasteiger partial charge on any atom is -0.489 e. The molecule has 1 aliphatic heterocycles. The summed E-state index contributed by atoms with van der Waals surface area (Å²) >= 11 is 0. The van der Waals surface area contributed by atoms with Crippen molar-refractivity contribution in [2.75, 3.05) is 13.2 Å². The van der Waals surface area contributed by atoms with E-state index in [1.165, 1.54) is 5.56 Å². The molecule has 0 fully saturated rings. The SMILES string of the molecule is C=C(C)COc1ccc2c(c1)OC(C)(C)CC2NCCC. The largest absolute Gasteiger partial charge is 0.489 e. The molecule has 3 nitrogen and oxygen atoms in total. The van der Waals surface area contributed by atoms with Crippen molar-refractivity contribution in [3.63, 3.8) is 0 Å². The van der Waals surface area contributed by atoms with Crippen LogP contribution in [0.1, 0.15) is 52.1 Å². The van der Waals surface area contributed by atoms with Crippen molar-refractivity contribution in [2.24, 2.45) is 0 Å². The zero-order valence-electron chi connectivity index (χ0n) is 13.7. The van der Waals surface area contributed by atoms with Gasteiger partial charge in [0.1, 0.15) is 23.7 Å². The minimum atomic E-state index is -0.161. The van der Waals surface area contributed by atoms with E-state index in [1.54, 1.807) is 0 Å². The van der Waals surface area contributed by atoms with Crippen LogP contribution in [0.3, 0.4) is 0 Å². The Bertz CT molecular complexity index is 508. The van der Waals surface area contributed by atoms with Crippen LogP contribution in [0, 0.1) is 0 Å². The predicted molar refractivity (Wildman–Crippen MR) is 87.1 cm³/mol. The summed E-state index contributed by atoms with van der Waals surface area (Å²) in [5, 5.41) is 3.62. The van der Waals surface area contributed by atoms with E-state index in [9.17, 15) is 0 Å². The number of benzene rings is 1. The highest BCUT2D eigenvalue weighted by molar-refractivity contribution is 5.44. The van der Waals surface area contributed by atoms with Gasteiger partial charge in [-0.3, -0.25) is 0 Å². The van der Waals surface area contributed by atoms with Crippen LogP contribution >= 0.6 is 0 Å². The van der Waals surface area contributed by atoms with Crippen LogP contribution < -0.4 is 14.8 Å². The summed E-state index contributed by atoms with van der Waals surface area (Å²) in [5.41, 5.74) is 2.08. The molecular formula is C18H27NO2. The molecule has 1 aromatic carbocycles. The van der Waals surface area contributed by atoms with Crippen LogP contribution in [-0.4, -0.2) is 18.8 Å². The van der Waals surface area contributed by atoms with E-state index in [0.717, 1.165) is 36.5 Å². The molecule has 21 heavy (non-hydrogen) atoms. The fourth-order valence-corrected chi connectivity index (χ4v) is 2.63. The van der Waals surface area contributed by atoms with Crippen molar-refractivity contribution < 1.29 is 9.47 Å². The highest BCUT2D eigenvalue weighted by Gasteiger charge is 2.33. The van der Waals surface area contributed by atoms with Gasteiger partial charge in [0.05, 0.1) is 0 Å². The Morgan fingerprint density at radius 2 is 2.24 bits per heavy atom. The summed E-state index contributed by atoms with van der Waals surface area (Å²) in [4.78, 5) is 0. The number of rotatable bonds is 6. The molecule has 116 valence electrons. The lowest BCUT2D eigenvalue weighted by Gasteiger charge is -2.38. The summed E-state index contributed by atoms with van der Waals surface area (Å²) in [7, 11) is 0. The van der Waals surface area contributed by atoms with Crippen LogP contribution in [0.15, 0.2) is 30.4 Å². The van der Waals surface area contributed by atoms with E-state index < -0.39 is 0 Å². The molecule has 2 rings (SSSR count). The molecule has 1 N–H and O–H groups in total. The number of hydrogen-bond acceptors (Lipinski definition) is 3. The number of hydrogen-bond donors (Lipinski definition) is 1. The summed E-state index contributed by atoms with van der Waals surface area (Å²) in [6, 6.07) is 6.48. The van der Waals surface area contributed by atoms with E-state index >= 15 is 0 Å². The number of ether oxygens (including phenoxy) is 2. The summed E-state index contributed by atoms with van der Waals surface area (Å²) < 4.78 is 11.9.